The molecule has 2 aromatic carbocycles. The monoisotopic (exact) mass is 374 g/mol. The maximum atomic E-state index is 12.7. The molecule has 0 spiro atoms. The Labute approximate surface area is 164 Å². The number of fused-ring (bicyclic) bond motifs is 1. The summed E-state index contributed by atoms with van der Waals surface area (Å²) in [6.45, 7) is 3.24. The van der Waals surface area contributed by atoms with E-state index in [0.29, 0.717) is 30.4 Å². The number of nitrogens with two attached hydrogens (primary N) is 1. The number of rotatable bonds is 3. The summed E-state index contributed by atoms with van der Waals surface area (Å²) in [6.07, 6.45) is 2.43. The van der Waals surface area contributed by atoms with E-state index in [1.165, 1.54) is 5.56 Å². The van der Waals surface area contributed by atoms with Crippen molar-refractivity contribution < 1.29 is 9.53 Å². The first-order chi connectivity index (χ1) is 13.6. The lowest BCUT2D eigenvalue weighted by Crippen LogP contribution is -2.38. The van der Waals surface area contributed by atoms with Gasteiger partial charge in [-0.3, -0.25) is 0 Å². The zero-order valence-electron chi connectivity index (χ0n) is 15.7. The number of aromatic nitrogens is 1. The summed E-state index contributed by atoms with van der Waals surface area (Å²) in [7, 11) is 0. The molecular formula is C22H22N4O2. The van der Waals surface area contributed by atoms with E-state index in [1.54, 1.807) is 18.3 Å². The van der Waals surface area contributed by atoms with Crippen LogP contribution in [0.15, 0.2) is 60.8 Å². The fourth-order valence-electron chi connectivity index (χ4n) is 3.32. The van der Waals surface area contributed by atoms with Crippen LogP contribution in [0.2, 0.25) is 0 Å². The summed E-state index contributed by atoms with van der Waals surface area (Å²) in [5.74, 6) is 1.76. The molecule has 0 atom stereocenters. The molecule has 1 aliphatic heterocycles. The van der Waals surface area contributed by atoms with Crippen LogP contribution < -0.4 is 15.8 Å². The molecule has 4 rings (SSSR count). The number of urea groups is 1. The quantitative estimate of drug-likeness (QED) is 0.714. The molecule has 6 heteroatoms. The molecule has 2 amide bonds. The Morgan fingerprint density at radius 1 is 1.11 bits per heavy atom. The Morgan fingerprint density at radius 2 is 1.96 bits per heavy atom. The molecule has 0 saturated heterocycles. The second-order valence-electron chi connectivity index (χ2n) is 6.92. The highest BCUT2D eigenvalue weighted by atomic mass is 16.5. The van der Waals surface area contributed by atoms with Gasteiger partial charge < -0.3 is 20.7 Å². The van der Waals surface area contributed by atoms with E-state index in [-0.39, 0.29) is 6.03 Å². The Balaban J connectivity index is 1.47. The van der Waals surface area contributed by atoms with Crippen LogP contribution in [-0.2, 0) is 13.0 Å². The Morgan fingerprint density at radius 3 is 2.79 bits per heavy atom. The highest BCUT2D eigenvalue weighted by Crippen LogP contribution is 2.28. The largest absolute Gasteiger partial charge is 0.457 e. The molecule has 0 bridgehead atoms. The van der Waals surface area contributed by atoms with Gasteiger partial charge in [-0.1, -0.05) is 18.2 Å². The lowest BCUT2D eigenvalue weighted by molar-refractivity contribution is 0.206. The molecular weight excluding hydrogens is 352 g/mol. The lowest BCUT2D eigenvalue weighted by Gasteiger charge is -2.29. The second kappa shape index (κ2) is 7.60. The fraction of sp³-hybridized carbons (Fsp3) is 0.182. The third-order valence-corrected chi connectivity index (χ3v) is 4.73. The molecule has 0 saturated carbocycles. The van der Waals surface area contributed by atoms with Gasteiger partial charge in [0.15, 0.2) is 0 Å². The average molecular weight is 374 g/mol. The number of benzene rings is 2. The van der Waals surface area contributed by atoms with Gasteiger partial charge in [0.05, 0.1) is 0 Å². The van der Waals surface area contributed by atoms with E-state index in [4.69, 9.17) is 10.5 Å². The number of ether oxygens (including phenoxy) is 1. The second-order valence-corrected chi connectivity index (χ2v) is 6.92. The van der Waals surface area contributed by atoms with Crippen LogP contribution in [0, 0.1) is 6.92 Å². The van der Waals surface area contributed by atoms with Crippen molar-refractivity contribution in [1.82, 2.24) is 9.88 Å². The van der Waals surface area contributed by atoms with Crippen LogP contribution in [0.25, 0.3) is 0 Å². The molecule has 3 aromatic rings. The molecule has 0 fully saturated rings. The SMILES string of the molecule is Cc1cccc(NC(=O)N2CCc3ccc(Oc4ccnc(N)c4)cc3C2)c1. The van der Waals surface area contributed by atoms with Gasteiger partial charge in [0.2, 0.25) is 0 Å². The maximum absolute atomic E-state index is 12.7. The zero-order valence-corrected chi connectivity index (χ0v) is 15.7. The Kier molecular flexibility index (Phi) is 4.85. The predicted octanol–water partition coefficient (Wildman–Crippen LogP) is 4.35. The number of nitrogens with zero attached hydrogens (tertiary/aromatic N) is 2. The molecule has 28 heavy (non-hydrogen) atoms. The number of nitrogen functional groups attached to an aromatic ring is 1. The molecule has 1 aromatic heterocycles. The predicted molar refractivity (Wildman–Crippen MR) is 109 cm³/mol. The van der Waals surface area contributed by atoms with Gasteiger partial charge in [-0.25, -0.2) is 9.78 Å². The van der Waals surface area contributed by atoms with E-state index in [9.17, 15) is 4.79 Å². The first-order valence-electron chi connectivity index (χ1n) is 9.20. The molecule has 3 N–H and O–H groups in total. The summed E-state index contributed by atoms with van der Waals surface area (Å²) in [6, 6.07) is 17.1. The van der Waals surface area contributed by atoms with Crippen molar-refractivity contribution in [2.24, 2.45) is 0 Å². The van der Waals surface area contributed by atoms with E-state index >= 15 is 0 Å². The number of aryl methyl sites for hydroxylation is 1. The third kappa shape index (κ3) is 4.06. The number of nitrogens with one attached hydrogen (secondary N) is 1. The maximum Gasteiger partial charge on any atom is 0.322 e. The van der Waals surface area contributed by atoms with Crippen LogP contribution in [0.1, 0.15) is 16.7 Å². The van der Waals surface area contributed by atoms with Crippen molar-refractivity contribution in [2.75, 3.05) is 17.6 Å². The lowest BCUT2D eigenvalue weighted by atomic mass is 10.00. The van der Waals surface area contributed by atoms with Crippen LogP contribution in [0.4, 0.5) is 16.3 Å². The van der Waals surface area contributed by atoms with Crippen molar-refractivity contribution in [3.63, 3.8) is 0 Å². The minimum Gasteiger partial charge on any atom is -0.457 e. The van der Waals surface area contributed by atoms with Gasteiger partial charge in [-0.15, -0.1) is 0 Å². The topological polar surface area (TPSA) is 80.5 Å². The van der Waals surface area contributed by atoms with Crippen LogP contribution in [0.5, 0.6) is 11.5 Å². The van der Waals surface area contributed by atoms with Gasteiger partial charge >= 0.3 is 6.03 Å². The van der Waals surface area contributed by atoms with Gasteiger partial charge in [0.25, 0.3) is 0 Å². The number of pyridine rings is 1. The van der Waals surface area contributed by atoms with Gasteiger partial charge in [0, 0.05) is 31.0 Å². The van der Waals surface area contributed by atoms with Crippen LogP contribution in [0.3, 0.4) is 0 Å². The fourth-order valence-corrected chi connectivity index (χ4v) is 3.32. The number of anilines is 2. The van der Waals surface area contributed by atoms with Crippen LogP contribution >= 0.6 is 0 Å². The minimum absolute atomic E-state index is 0.0931. The van der Waals surface area contributed by atoms with E-state index in [0.717, 1.165) is 23.2 Å². The number of hydrogen-bond donors (Lipinski definition) is 2. The summed E-state index contributed by atoms with van der Waals surface area (Å²) in [5.41, 5.74) is 9.95. The number of carbonyl (C=O) groups excluding carboxylic acids is 1. The number of amides is 2. The molecule has 6 nitrogen and oxygen atoms in total. The first kappa shape index (κ1) is 17.9. The highest BCUT2D eigenvalue weighted by Gasteiger charge is 2.21. The molecule has 0 unspecified atom stereocenters. The molecule has 142 valence electrons. The van der Waals surface area contributed by atoms with Gasteiger partial charge in [-0.05, 0) is 60.4 Å². The standard InChI is InChI=1S/C22H22N4O2/c1-15-3-2-4-18(11-15)25-22(27)26-10-8-16-5-6-19(12-17(16)14-26)28-20-7-9-24-21(23)13-20/h2-7,9,11-13H,8,10,14H2,1H3,(H2,23,24)(H,25,27). The minimum atomic E-state index is -0.0931. The van der Waals surface area contributed by atoms with E-state index in [1.807, 2.05) is 48.2 Å². The van der Waals surface area contributed by atoms with Gasteiger partial charge in [0.1, 0.15) is 17.3 Å². The molecule has 0 radical (unpaired) electrons. The smallest absolute Gasteiger partial charge is 0.322 e. The summed E-state index contributed by atoms with van der Waals surface area (Å²) < 4.78 is 5.89. The Hall–Kier alpha value is -3.54. The number of hydrogen-bond acceptors (Lipinski definition) is 4. The van der Waals surface area contributed by atoms with Crippen molar-refractivity contribution in [1.29, 1.82) is 0 Å². The first-order valence-corrected chi connectivity index (χ1v) is 9.20. The number of carbonyl (C=O) groups is 1. The summed E-state index contributed by atoms with van der Waals surface area (Å²) in [5, 5.41) is 2.98. The van der Waals surface area contributed by atoms with Gasteiger partial charge in [-0.2, -0.15) is 0 Å². The van der Waals surface area contributed by atoms with Crippen molar-refractivity contribution >= 4 is 17.5 Å². The molecule has 2 heterocycles. The molecule has 1 aliphatic rings. The van der Waals surface area contributed by atoms with Crippen LogP contribution in [-0.4, -0.2) is 22.5 Å². The van der Waals surface area contributed by atoms with Crippen molar-refractivity contribution in [3.8, 4) is 11.5 Å². The average Bonchev–Trinajstić information content (AvgIpc) is 2.67. The normalized spacial score (nSPS) is 13.0. The Bertz CT molecular complexity index is 1020. The van der Waals surface area contributed by atoms with Crippen molar-refractivity contribution in [2.45, 2.75) is 19.9 Å². The van der Waals surface area contributed by atoms with E-state index < -0.39 is 0 Å². The summed E-state index contributed by atoms with van der Waals surface area (Å²) >= 11 is 0. The zero-order chi connectivity index (χ0) is 19.5. The highest BCUT2D eigenvalue weighted by molar-refractivity contribution is 5.89. The summed E-state index contributed by atoms with van der Waals surface area (Å²) in [4.78, 5) is 18.5. The third-order valence-electron chi connectivity index (χ3n) is 4.73. The van der Waals surface area contributed by atoms with E-state index in [2.05, 4.69) is 16.4 Å². The molecule has 0 aliphatic carbocycles. The van der Waals surface area contributed by atoms with Crippen molar-refractivity contribution in [3.05, 3.63) is 77.5 Å².